The summed E-state index contributed by atoms with van der Waals surface area (Å²) in [6.07, 6.45) is 4.88. The van der Waals surface area contributed by atoms with Gasteiger partial charge < -0.3 is 24.6 Å². The number of rotatable bonds is 10. The van der Waals surface area contributed by atoms with Gasteiger partial charge in [-0.05, 0) is 56.5 Å². The van der Waals surface area contributed by atoms with Crippen molar-refractivity contribution in [3.05, 3.63) is 66.2 Å². The SMILES string of the molecule is CCCOc1ccc(-c2nc3c(C(CC[C@H](C)O)n4cnc(C(N)=O)c4)cccc3o2)cc1.Cl. The van der Waals surface area contributed by atoms with Crippen molar-refractivity contribution in [1.29, 1.82) is 0 Å². The number of hydrogen-bond donors (Lipinski definition) is 2. The number of para-hydroxylation sites is 1. The highest BCUT2D eigenvalue weighted by Crippen LogP contribution is 2.33. The van der Waals surface area contributed by atoms with Crippen LogP contribution in [-0.4, -0.2) is 38.3 Å². The van der Waals surface area contributed by atoms with E-state index in [4.69, 9.17) is 19.9 Å². The minimum Gasteiger partial charge on any atom is -0.494 e. The molecule has 3 N–H and O–H groups in total. The highest BCUT2D eigenvalue weighted by Gasteiger charge is 2.22. The fourth-order valence-corrected chi connectivity index (χ4v) is 3.77. The minimum atomic E-state index is -0.587. The number of primary amides is 1. The van der Waals surface area contributed by atoms with Gasteiger partial charge in [-0.25, -0.2) is 9.97 Å². The average molecular weight is 485 g/mol. The van der Waals surface area contributed by atoms with Crippen molar-refractivity contribution in [3.63, 3.8) is 0 Å². The number of ether oxygens (including phenoxy) is 1. The van der Waals surface area contributed by atoms with E-state index in [1.807, 2.05) is 47.0 Å². The van der Waals surface area contributed by atoms with Gasteiger partial charge in [-0.3, -0.25) is 4.79 Å². The summed E-state index contributed by atoms with van der Waals surface area (Å²) in [6, 6.07) is 13.2. The van der Waals surface area contributed by atoms with E-state index in [2.05, 4.69) is 11.9 Å². The number of imidazole rings is 1. The zero-order valence-electron chi connectivity index (χ0n) is 19.2. The highest BCUT2D eigenvalue weighted by molar-refractivity contribution is 5.90. The Morgan fingerprint density at radius 2 is 1.97 bits per heavy atom. The van der Waals surface area contributed by atoms with Crippen molar-refractivity contribution in [2.75, 3.05) is 6.61 Å². The number of fused-ring (bicyclic) bond motifs is 1. The van der Waals surface area contributed by atoms with Crippen LogP contribution in [0.15, 0.2) is 59.4 Å². The summed E-state index contributed by atoms with van der Waals surface area (Å²) >= 11 is 0. The number of oxazole rings is 1. The maximum Gasteiger partial charge on any atom is 0.268 e. The van der Waals surface area contributed by atoms with Crippen molar-refractivity contribution in [3.8, 4) is 17.2 Å². The molecule has 0 fully saturated rings. The van der Waals surface area contributed by atoms with Crippen molar-refractivity contribution in [2.24, 2.45) is 5.73 Å². The number of amides is 1. The Hall–Kier alpha value is -3.36. The average Bonchev–Trinajstić information content (AvgIpc) is 3.46. The zero-order chi connectivity index (χ0) is 23.4. The Morgan fingerprint density at radius 1 is 1.21 bits per heavy atom. The molecule has 0 radical (unpaired) electrons. The number of nitrogens with zero attached hydrogens (tertiary/aromatic N) is 3. The van der Waals surface area contributed by atoms with Crippen LogP contribution >= 0.6 is 12.4 Å². The van der Waals surface area contributed by atoms with E-state index < -0.39 is 12.0 Å². The number of halogens is 1. The second-order valence-corrected chi connectivity index (χ2v) is 8.10. The molecule has 0 aliphatic carbocycles. The molecule has 0 aliphatic rings. The largest absolute Gasteiger partial charge is 0.494 e. The Morgan fingerprint density at radius 3 is 2.62 bits per heavy atom. The molecule has 2 aromatic heterocycles. The maximum absolute atomic E-state index is 11.6. The molecule has 1 amide bonds. The van der Waals surface area contributed by atoms with E-state index in [0.717, 1.165) is 28.8 Å². The smallest absolute Gasteiger partial charge is 0.268 e. The Labute approximate surface area is 204 Å². The second-order valence-electron chi connectivity index (χ2n) is 8.10. The fourth-order valence-electron chi connectivity index (χ4n) is 3.77. The van der Waals surface area contributed by atoms with Crippen LogP contribution in [0.5, 0.6) is 5.75 Å². The van der Waals surface area contributed by atoms with Gasteiger partial charge in [0.15, 0.2) is 5.58 Å². The van der Waals surface area contributed by atoms with Crippen LogP contribution in [0.1, 0.15) is 55.2 Å². The van der Waals surface area contributed by atoms with Crippen molar-refractivity contribution in [1.82, 2.24) is 14.5 Å². The van der Waals surface area contributed by atoms with Crippen LogP contribution in [0.25, 0.3) is 22.6 Å². The topological polar surface area (TPSA) is 116 Å². The van der Waals surface area contributed by atoms with Gasteiger partial charge in [0.2, 0.25) is 5.89 Å². The Bertz CT molecular complexity index is 1230. The van der Waals surface area contributed by atoms with Gasteiger partial charge in [-0.1, -0.05) is 19.1 Å². The Balaban J connectivity index is 0.00000324. The molecule has 0 bridgehead atoms. The molecule has 2 atom stereocenters. The fraction of sp³-hybridized carbons (Fsp3) is 0.320. The molecule has 2 heterocycles. The van der Waals surface area contributed by atoms with Crippen molar-refractivity contribution in [2.45, 2.75) is 45.3 Å². The predicted octanol–water partition coefficient (Wildman–Crippen LogP) is 4.75. The third-order valence-corrected chi connectivity index (χ3v) is 5.46. The lowest BCUT2D eigenvalue weighted by molar-refractivity contribution is 0.0996. The number of nitrogens with two attached hydrogens (primary N) is 1. The summed E-state index contributed by atoms with van der Waals surface area (Å²) in [5, 5.41) is 9.89. The number of carbonyl (C=O) groups is 1. The summed E-state index contributed by atoms with van der Waals surface area (Å²) in [7, 11) is 0. The van der Waals surface area contributed by atoms with E-state index in [9.17, 15) is 9.90 Å². The first kappa shape index (κ1) is 25.3. The Kier molecular flexibility index (Phi) is 8.31. The van der Waals surface area contributed by atoms with Gasteiger partial charge in [0.05, 0.1) is 25.1 Å². The highest BCUT2D eigenvalue weighted by atomic mass is 35.5. The van der Waals surface area contributed by atoms with Gasteiger partial charge in [-0.2, -0.15) is 0 Å². The monoisotopic (exact) mass is 484 g/mol. The lowest BCUT2D eigenvalue weighted by Gasteiger charge is -2.20. The summed E-state index contributed by atoms with van der Waals surface area (Å²) in [4.78, 5) is 20.5. The van der Waals surface area contributed by atoms with Crippen LogP contribution < -0.4 is 10.5 Å². The first-order valence-electron chi connectivity index (χ1n) is 11.1. The first-order chi connectivity index (χ1) is 16.0. The van der Waals surface area contributed by atoms with Gasteiger partial charge >= 0.3 is 0 Å². The molecular formula is C25H29ClN4O4. The molecule has 4 aromatic rings. The molecule has 0 saturated heterocycles. The number of carbonyl (C=O) groups excluding carboxylic acids is 1. The zero-order valence-corrected chi connectivity index (χ0v) is 20.0. The molecule has 9 heteroatoms. The summed E-state index contributed by atoms with van der Waals surface area (Å²) < 4.78 is 13.6. The van der Waals surface area contributed by atoms with Gasteiger partial charge in [0.1, 0.15) is 17.0 Å². The van der Waals surface area contributed by atoms with E-state index in [-0.39, 0.29) is 24.1 Å². The quantitative estimate of drug-likeness (QED) is 0.335. The second kappa shape index (κ2) is 11.2. The van der Waals surface area contributed by atoms with Gasteiger partial charge in [0.25, 0.3) is 5.91 Å². The van der Waals surface area contributed by atoms with E-state index >= 15 is 0 Å². The number of aliphatic hydroxyl groups is 1. The van der Waals surface area contributed by atoms with Crippen molar-refractivity contribution < 1.29 is 19.1 Å². The number of aliphatic hydroxyl groups excluding tert-OH is 1. The molecule has 180 valence electrons. The molecule has 34 heavy (non-hydrogen) atoms. The minimum absolute atomic E-state index is 0. The summed E-state index contributed by atoms with van der Waals surface area (Å²) in [5.41, 5.74) is 8.73. The van der Waals surface area contributed by atoms with Crippen LogP contribution in [0, 0.1) is 0 Å². The van der Waals surface area contributed by atoms with E-state index in [1.165, 1.54) is 0 Å². The van der Waals surface area contributed by atoms with Crippen LogP contribution in [0.4, 0.5) is 0 Å². The summed E-state index contributed by atoms with van der Waals surface area (Å²) in [5.74, 6) is 0.731. The van der Waals surface area contributed by atoms with Crippen LogP contribution in [0.2, 0.25) is 0 Å². The molecule has 2 aromatic carbocycles. The molecule has 0 spiro atoms. The molecule has 8 nitrogen and oxygen atoms in total. The van der Waals surface area contributed by atoms with E-state index in [1.54, 1.807) is 19.4 Å². The third kappa shape index (κ3) is 5.58. The standard InChI is InChI=1S/C25H28N4O4.ClH/c1-3-13-32-18-10-8-17(9-11-18)25-28-23-19(5-4-6-22(23)33-25)21(12-7-16(2)30)29-14-20(24(26)31)27-15-29;/h4-6,8-11,14-16,21,30H,3,7,12-13H2,1-2H3,(H2,26,31);1H/t16-,21?;/m0./s1. The van der Waals surface area contributed by atoms with Crippen LogP contribution in [-0.2, 0) is 0 Å². The summed E-state index contributed by atoms with van der Waals surface area (Å²) in [6.45, 7) is 4.49. The molecular weight excluding hydrogens is 456 g/mol. The van der Waals surface area contributed by atoms with Gasteiger partial charge in [0, 0.05) is 17.3 Å². The van der Waals surface area contributed by atoms with Crippen LogP contribution in [0.3, 0.4) is 0 Å². The van der Waals surface area contributed by atoms with Crippen molar-refractivity contribution >= 4 is 29.4 Å². The van der Waals surface area contributed by atoms with Gasteiger partial charge in [-0.15, -0.1) is 12.4 Å². The maximum atomic E-state index is 11.6. The lowest BCUT2D eigenvalue weighted by atomic mass is 9.99. The normalized spacial score (nSPS) is 12.8. The number of benzene rings is 2. The molecule has 0 aliphatic heterocycles. The molecule has 0 saturated carbocycles. The first-order valence-corrected chi connectivity index (χ1v) is 11.1. The predicted molar refractivity (Wildman–Crippen MR) is 132 cm³/mol. The molecule has 1 unspecified atom stereocenters. The number of hydrogen-bond acceptors (Lipinski definition) is 6. The third-order valence-electron chi connectivity index (χ3n) is 5.46. The number of aromatic nitrogens is 3. The molecule has 4 rings (SSSR count). The lowest BCUT2D eigenvalue weighted by Crippen LogP contribution is -2.14. The van der Waals surface area contributed by atoms with E-state index in [0.29, 0.717) is 30.9 Å².